The second-order valence-electron chi connectivity index (χ2n) is 7.97. The van der Waals surface area contributed by atoms with E-state index in [1.54, 1.807) is 10.5 Å². The van der Waals surface area contributed by atoms with Crippen LogP contribution < -0.4 is 10.9 Å². The number of nitrogens with one attached hydrogen (secondary N) is 1. The van der Waals surface area contributed by atoms with Gasteiger partial charge in [0.05, 0.1) is 5.69 Å². The fourth-order valence-electron chi connectivity index (χ4n) is 3.57. The molecule has 1 N–H and O–H groups in total. The van der Waals surface area contributed by atoms with Crippen molar-refractivity contribution < 1.29 is 0 Å². The van der Waals surface area contributed by atoms with Crippen LogP contribution in [0.4, 0.5) is 0 Å². The minimum Gasteiger partial charge on any atom is -0.304 e. The molecule has 2 heterocycles. The summed E-state index contributed by atoms with van der Waals surface area (Å²) in [5.41, 5.74) is 5.16. The summed E-state index contributed by atoms with van der Waals surface area (Å²) in [7, 11) is 0. The van der Waals surface area contributed by atoms with E-state index in [9.17, 15) is 4.79 Å². The average Bonchev–Trinajstić information content (AvgIpc) is 2.68. The van der Waals surface area contributed by atoms with Crippen molar-refractivity contribution >= 4 is 5.65 Å². The number of fused-ring (bicyclic) bond motifs is 1. The van der Waals surface area contributed by atoms with Gasteiger partial charge in [-0.2, -0.15) is 0 Å². The molecule has 0 aliphatic heterocycles. The predicted octanol–water partition coefficient (Wildman–Crippen LogP) is 4.83. The minimum absolute atomic E-state index is 0.0353. The summed E-state index contributed by atoms with van der Waals surface area (Å²) >= 11 is 0. The van der Waals surface area contributed by atoms with Crippen LogP contribution in [-0.2, 0) is 13.0 Å². The normalized spacial score (nSPS) is 12.6. The van der Waals surface area contributed by atoms with E-state index in [0.29, 0.717) is 18.1 Å². The Balaban J connectivity index is 1.76. The molecule has 4 nitrogen and oxygen atoms in total. The van der Waals surface area contributed by atoms with E-state index < -0.39 is 0 Å². The lowest BCUT2D eigenvalue weighted by molar-refractivity contribution is 0.408. The van der Waals surface area contributed by atoms with E-state index in [4.69, 9.17) is 0 Å². The number of nitrogens with zero attached hydrogens (tertiary/aromatic N) is 2. The van der Waals surface area contributed by atoms with Gasteiger partial charge in [-0.25, -0.2) is 4.98 Å². The zero-order chi connectivity index (χ0) is 20.1. The maximum atomic E-state index is 12.4. The summed E-state index contributed by atoms with van der Waals surface area (Å²) in [4.78, 5) is 17.1. The van der Waals surface area contributed by atoms with Crippen LogP contribution in [0.1, 0.15) is 62.0 Å². The Labute approximate surface area is 167 Å². The van der Waals surface area contributed by atoms with Gasteiger partial charge in [0.15, 0.2) is 0 Å². The van der Waals surface area contributed by atoms with Crippen molar-refractivity contribution in [2.24, 2.45) is 5.92 Å². The molecule has 0 bridgehead atoms. The lowest BCUT2D eigenvalue weighted by Gasteiger charge is -2.23. The smallest absolute Gasteiger partial charge is 0.258 e. The van der Waals surface area contributed by atoms with Crippen molar-refractivity contribution in [3.05, 3.63) is 81.4 Å². The Kier molecular flexibility index (Phi) is 6.63. The highest BCUT2D eigenvalue weighted by Crippen LogP contribution is 2.23. The first-order valence-corrected chi connectivity index (χ1v) is 10.3. The predicted molar refractivity (Wildman–Crippen MR) is 116 cm³/mol. The summed E-state index contributed by atoms with van der Waals surface area (Å²) in [5.74, 6) is 0.436. The maximum absolute atomic E-state index is 12.4. The molecule has 1 aromatic carbocycles. The van der Waals surface area contributed by atoms with Gasteiger partial charge in [-0.15, -0.1) is 0 Å². The van der Waals surface area contributed by atoms with E-state index in [1.165, 1.54) is 24.0 Å². The Morgan fingerprint density at radius 2 is 1.86 bits per heavy atom. The molecule has 0 aliphatic carbocycles. The van der Waals surface area contributed by atoms with Crippen molar-refractivity contribution in [3.8, 4) is 0 Å². The summed E-state index contributed by atoms with van der Waals surface area (Å²) in [6.45, 7) is 9.20. The molecule has 0 radical (unpaired) electrons. The van der Waals surface area contributed by atoms with Crippen molar-refractivity contribution in [1.82, 2.24) is 14.7 Å². The third-order valence-corrected chi connectivity index (χ3v) is 5.19. The SMILES string of the molecule is CCCCc1ccc([C@H](NCc2cc(=O)n3cc(C)ccc3n2)C(C)C)cc1. The molecule has 1 atom stereocenters. The third-order valence-electron chi connectivity index (χ3n) is 5.19. The van der Waals surface area contributed by atoms with Crippen LogP contribution in [0.2, 0.25) is 0 Å². The highest BCUT2D eigenvalue weighted by Gasteiger charge is 2.16. The summed E-state index contributed by atoms with van der Waals surface area (Å²) in [5, 5.41) is 3.61. The number of unbranched alkanes of at least 4 members (excludes halogenated alkanes) is 1. The van der Waals surface area contributed by atoms with E-state index in [2.05, 4.69) is 55.3 Å². The van der Waals surface area contributed by atoms with Crippen molar-refractivity contribution in [2.45, 2.75) is 59.5 Å². The van der Waals surface area contributed by atoms with Crippen LogP contribution >= 0.6 is 0 Å². The molecular weight excluding hydrogens is 346 g/mol. The van der Waals surface area contributed by atoms with Gasteiger partial charge in [-0.3, -0.25) is 9.20 Å². The first kappa shape index (κ1) is 20.3. The number of hydrogen-bond acceptors (Lipinski definition) is 3. The quantitative estimate of drug-likeness (QED) is 0.611. The molecule has 0 spiro atoms. The number of aromatic nitrogens is 2. The second-order valence-corrected chi connectivity index (χ2v) is 7.97. The zero-order valence-corrected chi connectivity index (χ0v) is 17.4. The summed E-state index contributed by atoms with van der Waals surface area (Å²) in [6.07, 6.45) is 5.42. The highest BCUT2D eigenvalue weighted by molar-refractivity contribution is 5.40. The molecule has 3 rings (SSSR count). The Hall–Kier alpha value is -2.46. The Morgan fingerprint density at radius 1 is 1.11 bits per heavy atom. The molecule has 28 heavy (non-hydrogen) atoms. The molecule has 0 amide bonds. The van der Waals surface area contributed by atoms with Gasteiger partial charge in [0.1, 0.15) is 5.65 Å². The third kappa shape index (κ3) is 4.87. The second kappa shape index (κ2) is 9.16. The maximum Gasteiger partial charge on any atom is 0.258 e. The number of hydrogen-bond donors (Lipinski definition) is 1. The van der Waals surface area contributed by atoms with Crippen LogP contribution in [0, 0.1) is 12.8 Å². The molecule has 148 valence electrons. The van der Waals surface area contributed by atoms with Gasteiger partial charge >= 0.3 is 0 Å². The van der Waals surface area contributed by atoms with Crippen LogP contribution in [0.25, 0.3) is 5.65 Å². The van der Waals surface area contributed by atoms with Gasteiger partial charge in [0.25, 0.3) is 5.56 Å². The fraction of sp³-hybridized carbons (Fsp3) is 0.417. The average molecular weight is 378 g/mol. The molecular formula is C24H31N3O. The fourth-order valence-corrected chi connectivity index (χ4v) is 3.57. The highest BCUT2D eigenvalue weighted by atomic mass is 16.1. The Bertz CT molecular complexity index is 973. The van der Waals surface area contributed by atoms with E-state index in [-0.39, 0.29) is 11.6 Å². The van der Waals surface area contributed by atoms with E-state index >= 15 is 0 Å². The van der Waals surface area contributed by atoms with Crippen LogP contribution in [0.5, 0.6) is 0 Å². The van der Waals surface area contributed by atoms with Crippen LogP contribution in [0.3, 0.4) is 0 Å². The number of aryl methyl sites for hydroxylation is 2. The molecule has 0 saturated heterocycles. The van der Waals surface area contributed by atoms with Crippen LogP contribution in [0.15, 0.2) is 53.5 Å². The van der Waals surface area contributed by atoms with Gasteiger partial charge in [-0.1, -0.05) is 57.5 Å². The van der Waals surface area contributed by atoms with Crippen LogP contribution in [-0.4, -0.2) is 9.38 Å². The van der Waals surface area contributed by atoms with E-state index in [0.717, 1.165) is 17.7 Å². The van der Waals surface area contributed by atoms with E-state index in [1.807, 2.05) is 25.3 Å². The molecule has 0 fully saturated rings. The monoisotopic (exact) mass is 377 g/mol. The molecule has 0 aliphatic rings. The first-order valence-electron chi connectivity index (χ1n) is 10.3. The first-order chi connectivity index (χ1) is 13.5. The van der Waals surface area contributed by atoms with Crippen molar-refractivity contribution in [2.75, 3.05) is 0 Å². The molecule has 0 saturated carbocycles. The molecule has 2 aromatic heterocycles. The van der Waals surface area contributed by atoms with Crippen molar-refractivity contribution in [1.29, 1.82) is 0 Å². The number of rotatable bonds is 8. The standard InChI is InChI=1S/C24H31N3O/c1-5-6-7-19-9-11-20(12-10-19)24(17(2)3)25-15-21-14-23(28)27-16-18(4)8-13-22(27)26-21/h8-14,16-17,24-25H,5-7,15H2,1-4H3/t24-/m1/s1. The lowest BCUT2D eigenvalue weighted by atomic mass is 9.94. The summed E-state index contributed by atoms with van der Waals surface area (Å²) in [6, 6.07) is 14.7. The van der Waals surface area contributed by atoms with Gasteiger partial charge < -0.3 is 5.32 Å². The summed E-state index contributed by atoms with van der Waals surface area (Å²) < 4.78 is 1.60. The lowest BCUT2D eigenvalue weighted by Crippen LogP contribution is -2.27. The minimum atomic E-state index is -0.0353. The molecule has 3 aromatic rings. The van der Waals surface area contributed by atoms with Gasteiger partial charge in [0.2, 0.25) is 0 Å². The molecule has 4 heteroatoms. The molecule has 0 unspecified atom stereocenters. The van der Waals surface area contributed by atoms with Gasteiger partial charge in [0, 0.05) is 24.8 Å². The zero-order valence-electron chi connectivity index (χ0n) is 17.4. The number of pyridine rings is 1. The topological polar surface area (TPSA) is 46.4 Å². The van der Waals surface area contributed by atoms with Crippen molar-refractivity contribution in [3.63, 3.8) is 0 Å². The largest absolute Gasteiger partial charge is 0.304 e. The number of benzene rings is 1. The van der Waals surface area contributed by atoms with Gasteiger partial charge in [-0.05, 0) is 48.4 Å². The Morgan fingerprint density at radius 3 is 2.54 bits per heavy atom.